The Morgan fingerprint density at radius 3 is 0.350 bits per heavy atom. The van der Waals surface area contributed by atoms with E-state index in [2.05, 4.69) is 13.8 Å². The lowest BCUT2D eigenvalue weighted by atomic mass is 10.0. The second-order valence-electron chi connectivity index (χ2n) is 20.2. The van der Waals surface area contributed by atoms with E-state index in [0.717, 1.165) is 0 Å². The molecule has 0 aliphatic rings. The summed E-state index contributed by atoms with van der Waals surface area (Å²) in [6, 6.07) is 0. The molecule has 0 rings (SSSR count). The van der Waals surface area contributed by atoms with E-state index in [0.29, 0.717) is 0 Å². The van der Waals surface area contributed by atoms with Crippen LogP contribution in [0.15, 0.2) is 0 Å². The summed E-state index contributed by atoms with van der Waals surface area (Å²) in [5, 5.41) is 0. The Labute approximate surface area is 387 Å². The summed E-state index contributed by atoms with van der Waals surface area (Å²) in [6.07, 6.45) is 83.6. The highest BCUT2D eigenvalue weighted by Gasteiger charge is 2.00. The highest BCUT2D eigenvalue weighted by molar-refractivity contribution is 8.11. The van der Waals surface area contributed by atoms with Crippen LogP contribution in [0.2, 0.25) is 0 Å². The molecule has 0 aromatic rings. The fraction of sp³-hybridized carbons (Fsp3) is 1.00. The molecule has 0 aliphatic heterocycles. The van der Waals surface area contributed by atoms with Crippen molar-refractivity contribution in [2.24, 2.45) is 0 Å². The summed E-state index contributed by atoms with van der Waals surface area (Å²) < 4.78 is 0. The lowest BCUT2D eigenvalue weighted by molar-refractivity contribution is 0.515. The zero-order valence-electron chi connectivity index (χ0n) is 42.6. The summed E-state index contributed by atoms with van der Waals surface area (Å²) in [5.41, 5.74) is 0. The van der Waals surface area contributed by atoms with Crippen molar-refractivity contribution >= 4 is 16.5 Å². The fourth-order valence-corrected chi connectivity index (χ4v) is 12.9. The summed E-state index contributed by atoms with van der Waals surface area (Å²) in [4.78, 5) is 0. The molecule has 0 spiro atoms. The highest BCUT2D eigenvalue weighted by atomic mass is 32.0. The van der Waals surface area contributed by atoms with Crippen molar-refractivity contribution in [1.29, 1.82) is 0 Å². The summed E-state index contributed by atoms with van der Waals surface area (Å²) >= 11 is 0. The normalized spacial score (nSPS) is 12.1. The van der Waals surface area contributed by atoms with E-state index in [1.165, 1.54) is 376 Å². The van der Waals surface area contributed by atoms with E-state index in [1.54, 1.807) is 0 Å². The van der Waals surface area contributed by atoms with Gasteiger partial charge in [0, 0.05) is 0 Å². The van der Waals surface area contributed by atoms with Crippen LogP contribution < -0.4 is 0 Å². The first-order valence-corrected chi connectivity index (χ1v) is 32.8. The zero-order valence-corrected chi connectivity index (χ0v) is 44.6. The van der Waals surface area contributed by atoms with Gasteiger partial charge in [-0.3, -0.25) is 0 Å². The van der Waals surface area contributed by atoms with Crippen LogP contribution in [0.5, 0.6) is 0 Å². The van der Waals surface area contributed by atoms with Gasteiger partial charge in [-0.25, -0.2) is 0 Å². The third kappa shape index (κ3) is 58.9. The lowest BCUT2D eigenvalue weighted by Crippen LogP contribution is -1.85. The number of hydrogen-bond acceptors (Lipinski definition) is 0. The van der Waals surface area contributed by atoms with E-state index in [-0.39, 0.29) is 0 Å². The molecule has 0 radical (unpaired) electrons. The van der Waals surface area contributed by atoms with Crippen molar-refractivity contribution in [3.05, 3.63) is 0 Å². The van der Waals surface area contributed by atoms with Gasteiger partial charge in [0.15, 0.2) is 0 Å². The first-order valence-electron chi connectivity index (χ1n) is 29.4. The van der Waals surface area contributed by atoms with Crippen molar-refractivity contribution in [3.8, 4) is 0 Å². The topological polar surface area (TPSA) is 0 Å². The number of hydrogen-bond donors (Lipinski definition) is 0. The maximum absolute atomic E-state index is 2.31. The van der Waals surface area contributed by atoms with E-state index in [1.807, 2.05) is 0 Å². The second-order valence-corrected chi connectivity index (χ2v) is 24.1. The molecule has 0 aliphatic carbocycles. The van der Waals surface area contributed by atoms with Gasteiger partial charge in [-0.2, -0.15) is 0 Å². The maximum Gasteiger partial charge on any atom is -0.0317 e. The van der Waals surface area contributed by atoms with E-state index < -0.39 is 0 Å². The van der Waals surface area contributed by atoms with Gasteiger partial charge in [-0.1, -0.05) is 364 Å². The Bertz CT molecular complexity index is 634. The zero-order chi connectivity index (χ0) is 43.0. The molecule has 2 heteroatoms. The molecule has 0 aromatic heterocycles. The van der Waals surface area contributed by atoms with Crippen LogP contribution >= 0.6 is 16.5 Å². The Kier molecular flexibility index (Phi) is 60.7. The third-order valence-electron chi connectivity index (χ3n) is 13.9. The SMILES string of the molecule is CCCCCCCCCCCCCCCCCCCCCCCCCCCCCPPCCCCCCCCCCCCCCCCCCCCCCCCCCCCC. The summed E-state index contributed by atoms with van der Waals surface area (Å²) in [7, 11) is 2.56. The van der Waals surface area contributed by atoms with Gasteiger partial charge in [0.2, 0.25) is 0 Å². The first kappa shape index (κ1) is 60.9. The summed E-state index contributed by atoms with van der Waals surface area (Å²) in [6.45, 7) is 4.63. The van der Waals surface area contributed by atoms with E-state index >= 15 is 0 Å². The molecule has 0 fully saturated rings. The van der Waals surface area contributed by atoms with Crippen LogP contribution in [0, 0.1) is 0 Å². The van der Waals surface area contributed by atoms with E-state index in [9.17, 15) is 0 Å². The number of rotatable bonds is 57. The molecule has 0 amide bonds. The Balaban J connectivity index is 3.06. The molecular weight excluding hydrogens is 759 g/mol. The van der Waals surface area contributed by atoms with Gasteiger partial charge in [0.25, 0.3) is 0 Å². The van der Waals surface area contributed by atoms with Crippen molar-refractivity contribution in [3.63, 3.8) is 0 Å². The van der Waals surface area contributed by atoms with Crippen molar-refractivity contribution < 1.29 is 0 Å². The lowest BCUT2D eigenvalue weighted by Gasteiger charge is -2.05. The Morgan fingerprint density at radius 1 is 0.133 bits per heavy atom. The van der Waals surface area contributed by atoms with Crippen molar-refractivity contribution in [1.82, 2.24) is 0 Å². The summed E-state index contributed by atoms with van der Waals surface area (Å²) in [5.74, 6) is 0. The van der Waals surface area contributed by atoms with Crippen LogP contribution in [0.3, 0.4) is 0 Å². The smallest absolute Gasteiger partial charge is 0.0317 e. The quantitative estimate of drug-likeness (QED) is 0.0422. The Morgan fingerprint density at radius 2 is 0.233 bits per heavy atom. The first-order chi connectivity index (χ1) is 29.9. The molecule has 60 heavy (non-hydrogen) atoms. The standard InChI is InChI=1S/C58H120P2/c1-3-5-7-9-11-13-15-17-19-21-23-25-27-29-31-33-35-37-39-41-43-45-47-49-51-53-55-57-59-60-58-56-54-52-50-48-46-44-42-40-38-36-34-32-30-28-26-24-22-20-18-16-14-12-10-8-6-4-2/h59-60H,3-58H2,1-2H3. The van der Waals surface area contributed by atoms with Crippen molar-refractivity contribution in [2.45, 2.75) is 361 Å². The van der Waals surface area contributed by atoms with Crippen LogP contribution in [0.25, 0.3) is 0 Å². The van der Waals surface area contributed by atoms with Gasteiger partial charge in [-0.15, -0.1) is 0 Å². The predicted molar refractivity (Wildman–Crippen MR) is 287 cm³/mol. The second kappa shape index (κ2) is 59.9. The van der Waals surface area contributed by atoms with Crippen molar-refractivity contribution in [2.75, 3.05) is 12.3 Å². The van der Waals surface area contributed by atoms with Gasteiger partial charge in [0.05, 0.1) is 0 Å². The average Bonchev–Trinajstić information content (AvgIpc) is 3.26. The molecule has 2 atom stereocenters. The minimum absolute atomic E-state index is 1.28. The van der Waals surface area contributed by atoms with E-state index in [4.69, 9.17) is 0 Å². The number of unbranched alkanes of at least 4 members (excludes halogenated alkanes) is 52. The van der Waals surface area contributed by atoms with Gasteiger partial charge in [-0.05, 0) is 25.2 Å². The Hall–Kier alpha value is 0.860. The van der Waals surface area contributed by atoms with Gasteiger partial charge >= 0.3 is 0 Å². The molecule has 0 N–H and O–H groups in total. The van der Waals surface area contributed by atoms with Crippen LogP contribution in [-0.2, 0) is 0 Å². The monoisotopic (exact) mass is 879 g/mol. The van der Waals surface area contributed by atoms with Gasteiger partial charge < -0.3 is 0 Å². The molecule has 0 aromatic carbocycles. The van der Waals surface area contributed by atoms with Gasteiger partial charge in [0.1, 0.15) is 0 Å². The fourth-order valence-electron chi connectivity index (χ4n) is 9.59. The van der Waals surface area contributed by atoms with Crippen LogP contribution in [0.1, 0.15) is 361 Å². The molecule has 0 nitrogen and oxygen atoms in total. The minimum atomic E-state index is 1.28. The average molecular weight is 880 g/mol. The molecule has 0 bridgehead atoms. The van der Waals surface area contributed by atoms with Crippen LogP contribution in [0.4, 0.5) is 0 Å². The maximum atomic E-state index is 2.31. The van der Waals surface area contributed by atoms with Crippen LogP contribution in [-0.4, -0.2) is 12.3 Å². The minimum Gasteiger partial charge on any atom is -0.0992 e. The molecule has 0 saturated heterocycles. The molecular formula is C58H120P2. The molecule has 362 valence electrons. The molecule has 0 saturated carbocycles. The predicted octanol–water partition coefficient (Wildman–Crippen LogP) is 23.4. The molecule has 0 heterocycles. The highest BCUT2D eigenvalue weighted by Crippen LogP contribution is 2.38. The third-order valence-corrected chi connectivity index (χ3v) is 17.6. The largest absolute Gasteiger partial charge is 0.0992 e. The molecule has 2 unspecified atom stereocenters.